The number of nitrogens with one attached hydrogen (secondary N) is 1. The SMILES string of the molecule is CC(C)CNC(=O)CN(C)Cc1ccccc1[N+](=O)[O-]. The molecule has 0 unspecified atom stereocenters. The molecule has 0 spiro atoms. The maximum atomic E-state index is 11.7. The van der Waals surface area contributed by atoms with Gasteiger partial charge in [-0.25, -0.2) is 0 Å². The van der Waals surface area contributed by atoms with E-state index in [4.69, 9.17) is 0 Å². The van der Waals surface area contributed by atoms with Crippen molar-refractivity contribution in [2.45, 2.75) is 20.4 Å². The molecule has 0 saturated heterocycles. The number of benzene rings is 1. The summed E-state index contributed by atoms with van der Waals surface area (Å²) < 4.78 is 0. The quantitative estimate of drug-likeness (QED) is 0.610. The van der Waals surface area contributed by atoms with Gasteiger partial charge in [0.1, 0.15) is 0 Å². The fraction of sp³-hybridized carbons (Fsp3) is 0.500. The Morgan fingerprint density at radius 1 is 1.40 bits per heavy atom. The smallest absolute Gasteiger partial charge is 0.273 e. The molecule has 0 heterocycles. The van der Waals surface area contributed by atoms with Crippen LogP contribution in [0.1, 0.15) is 19.4 Å². The van der Waals surface area contributed by atoms with Crippen LogP contribution in [0.3, 0.4) is 0 Å². The third kappa shape index (κ3) is 5.36. The summed E-state index contributed by atoms with van der Waals surface area (Å²) in [6.07, 6.45) is 0. The van der Waals surface area contributed by atoms with Crippen LogP contribution in [0.4, 0.5) is 5.69 Å². The van der Waals surface area contributed by atoms with Crippen LogP contribution in [0.2, 0.25) is 0 Å². The van der Waals surface area contributed by atoms with Crippen LogP contribution in [-0.4, -0.2) is 35.9 Å². The van der Waals surface area contributed by atoms with Gasteiger partial charge in [-0.1, -0.05) is 32.0 Å². The molecular weight excluding hydrogens is 258 g/mol. The lowest BCUT2D eigenvalue weighted by atomic mass is 10.1. The molecule has 1 rings (SSSR count). The van der Waals surface area contributed by atoms with Gasteiger partial charge in [0.2, 0.25) is 5.91 Å². The second kappa shape index (κ2) is 7.59. The molecule has 6 nitrogen and oxygen atoms in total. The highest BCUT2D eigenvalue weighted by Gasteiger charge is 2.15. The van der Waals surface area contributed by atoms with E-state index in [0.717, 1.165) is 0 Å². The lowest BCUT2D eigenvalue weighted by Gasteiger charge is -2.17. The van der Waals surface area contributed by atoms with Crippen LogP contribution in [0, 0.1) is 16.0 Å². The zero-order valence-electron chi connectivity index (χ0n) is 12.1. The molecule has 6 heteroatoms. The van der Waals surface area contributed by atoms with Crippen LogP contribution in [0.5, 0.6) is 0 Å². The molecule has 0 atom stereocenters. The van der Waals surface area contributed by atoms with Crippen molar-refractivity contribution in [3.05, 3.63) is 39.9 Å². The molecular formula is C14H21N3O3. The number of likely N-dealkylation sites (N-methyl/N-ethyl adjacent to an activating group) is 1. The number of nitro groups is 1. The number of amides is 1. The predicted molar refractivity (Wildman–Crippen MR) is 77.3 cm³/mol. The lowest BCUT2D eigenvalue weighted by Crippen LogP contribution is -2.36. The Hall–Kier alpha value is -1.95. The number of carbonyl (C=O) groups is 1. The Balaban J connectivity index is 2.56. The molecule has 0 aromatic heterocycles. The summed E-state index contributed by atoms with van der Waals surface area (Å²) in [5.74, 6) is 0.333. The topological polar surface area (TPSA) is 75.5 Å². The van der Waals surface area contributed by atoms with Gasteiger partial charge in [-0.3, -0.25) is 19.8 Å². The Bertz CT molecular complexity index is 474. The summed E-state index contributed by atoms with van der Waals surface area (Å²) in [6, 6.07) is 6.58. The monoisotopic (exact) mass is 279 g/mol. The number of hydrogen-bond donors (Lipinski definition) is 1. The molecule has 0 radical (unpaired) electrons. The van der Waals surface area contributed by atoms with Gasteiger partial charge in [-0.15, -0.1) is 0 Å². The first-order valence-corrected chi connectivity index (χ1v) is 6.57. The van der Waals surface area contributed by atoms with Gasteiger partial charge in [0.25, 0.3) is 5.69 Å². The molecule has 1 aromatic carbocycles. The van der Waals surface area contributed by atoms with Gasteiger partial charge in [0, 0.05) is 24.7 Å². The van der Waals surface area contributed by atoms with Crippen LogP contribution in [0.25, 0.3) is 0 Å². The zero-order chi connectivity index (χ0) is 15.1. The van der Waals surface area contributed by atoms with E-state index < -0.39 is 4.92 Å². The summed E-state index contributed by atoms with van der Waals surface area (Å²) in [4.78, 5) is 24.0. The molecule has 0 aliphatic carbocycles. The van der Waals surface area contributed by atoms with E-state index in [9.17, 15) is 14.9 Å². The number of nitro benzene ring substituents is 1. The second-order valence-electron chi connectivity index (χ2n) is 5.26. The second-order valence-corrected chi connectivity index (χ2v) is 5.26. The summed E-state index contributed by atoms with van der Waals surface area (Å²) >= 11 is 0. The van der Waals surface area contributed by atoms with Crippen molar-refractivity contribution in [3.63, 3.8) is 0 Å². The molecule has 110 valence electrons. The van der Waals surface area contributed by atoms with Crippen LogP contribution in [-0.2, 0) is 11.3 Å². The van der Waals surface area contributed by atoms with Crippen molar-refractivity contribution in [3.8, 4) is 0 Å². The average molecular weight is 279 g/mol. The van der Waals surface area contributed by atoms with Crippen molar-refractivity contribution in [1.29, 1.82) is 0 Å². The minimum absolute atomic E-state index is 0.0696. The Morgan fingerprint density at radius 3 is 2.65 bits per heavy atom. The molecule has 1 N–H and O–H groups in total. The predicted octanol–water partition coefficient (Wildman–Crippen LogP) is 1.80. The number of carbonyl (C=O) groups excluding carboxylic acids is 1. The Labute approximate surface area is 118 Å². The van der Waals surface area contributed by atoms with Gasteiger partial charge >= 0.3 is 0 Å². The van der Waals surface area contributed by atoms with Gasteiger partial charge in [-0.2, -0.15) is 0 Å². The lowest BCUT2D eigenvalue weighted by molar-refractivity contribution is -0.385. The van der Waals surface area contributed by atoms with Crippen LogP contribution < -0.4 is 5.32 Å². The summed E-state index contributed by atoms with van der Waals surface area (Å²) in [6.45, 7) is 5.28. The molecule has 1 amide bonds. The molecule has 0 aliphatic rings. The van der Waals surface area contributed by atoms with E-state index in [1.54, 1.807) is 30.1 Å². The zero-order valence-corrected chi connectivity index (χ0v) is 12.1. The minimum Gasteiger partial charge on any atom is -0.355 e. The fourth-order valence-corrected chi connectivity index (χ4v) is 1.79. The van der Waals surface area contributed by atoms with Crippen LogP contribution in [0.15, 0.2) is 24.3 Å². The maximum absolute atomic E-state index is 11.7. The summed E-state index contributed by atoms with van der Waals surface area (Å²) in [7, 11) is 1.77. The largest absolute Gasteiger partial charge is 0.355 e. The number of nitrogens with zero attached hydrogens (tertiary/aromatic N) is 2. The highest BCUT2D eigenvalue weighted by Crippen LogP contribution is 2.18. The molecule has 0 bridgehead atoms. The average Bonchev–Trinajstić information content (AvgIpc) is 2.36. The van der Waals surface area contributed by atoms with Gasteiger partial charge in [0.15, 0.2) is 0 Å². The van der Waals surface area contributed by atoms with Gasteiger partial charge in [0.05, 0.1) is 11.5 Å². The maximum Gasteiger partial charge on any atom is 0.273 e. The first-order valence-electron chi connectivity index (χ1n) is 6.57. The first-order chi connectivity index (χ1) is 9.40. The Kier molecular flexibility index (Phi) is 6.11. The Morgan fingerprint density at radius 2 is 2.05 bits per heavy atom. The van der Waals surface area contributed by atoms with E-state index in [1.165, 1.54) is 6.07 Å². The number of hydrogen-bond acceptors (Lipinski definition) is 4. The normalized spacial score (nSPS) is 10.8. The molecule has 0 fully saturated rings. The van der Waals surface area contributed by atoms with E-state index in [2.05, 4.69) is 5.32 Å². The number of rotatable bonds is 7. The third-order valence-electron chi connectivity index (χ3n) is 2.75. The van der Waals surface area contributed by atoms with Crippen LogP contribution >= 0.6 is 0 Å². The molecule has 0 aliphatic heterocycles. The fourth-order valence-electron chi connectivity index (χ4n) is 1.79. The van der Waals surface area contributed by atoms with E-state index in [-0.39, 0.29) is 18.1 Å². The van der Waals surface area contributed by atoms with Crippen molar-refractivity contribution < 1.29 is 9.72 Å². The molecule has 0 saturated carbocycles. The first kappa shape index (κ1) is 16.1. The van der Waals surface area contributed by atoms with Crippen molar-refractivity contribution >= 4 is 11.6 Å². The summed E-state index contributed by atoms with van der Waals surface area (Å²) in [5.41, 5.74) is 0.693. The van der Waals surface area contributed by atoms with E-state index >= 15 is 0 Å². The van der Waals surface area contributed by atoms with Gasteiger partial charge < -0.3 is 5.32 Å². The molecule has 1 aromatic rings. The van der Waals surface area contributed by atoms with E-state index in [0.29, 0.717) is 24.6 Å². The van der Waals surface area contributed by atoms with Crippen molar-refractivity contribution in [2.75, 3.05) is 20.1 Å². The number of para-hydroxylation sites is 1. The summed E-state index contributed by atoms with van der Waals surface area (Å²) in [5, 5.41) is 13.7. The molecule has 20 heavy (non-hydrogen) atoms. The van der Waals surface area contributed by atoms with Crippen molar-refractivity contribution in [1.82, 2.24) is 10.2 Å². The third-order valence-corrected chi connectivity index (χ3v) is 2.75. The highest BCUT2D eigenvalue weighted by molar-refractivity contribution is 5.77. The highest BCUT2D eigenvalue weighted by atomic mass is 16.6. The minimum atomic E-state index is -0.401. The van der Waals surface area contributed by atoms with Crippen molar-refractivity contribution in [2.24, 2.45) is 5.92 Å². The van der Waals surface area contributed by atoms with E-state index in [1.807, 2.05) is 13.8 Å². The van der Waals surface area contributed by atoms with Gasteiger partial charge in [-0.05, 0) is 13.0 Å². The standard InChI is InChI=1S/C14H21N3O3/c1-11(2)8-15-14(18)10-16(3)9-12-6-4-5-7-13(12)17(19)20/h4-7,11H,8-10H2,1-3H3,(H,15,18).